The van der Waals surface area contributed by atoms with Crippen LogP contribution in [0.4, 0.5) is 0 Å². The molecule has 0 radical (unpaired) electrons. The highest BCUT2D eigenvalue weighted by molar-refractivity contribution is 5.97. The van der Waals surface area contributed by atoms with Gasteiger partial charge in [-0.15, -0.1) is 0 Å². The number of benzene rings is 2. The number of ketones is 1. The molecule has 3 rings (SSSR count). The first-order chi connectivity index (χ1) is 10.2. The Kier molecular flexibility index (Phi) is 4.16. The maximum Gasteiger partial charge on any atom is 0.176 e. The molecule has 2 heteroatoms. The second kappa shape index (κ2) is 6.23. The zero-order valence-corrected chi connectivity index (χ0v) is 12.5. The van der Waals surface area contributed by atoms with Gasteiger partial charge in [0.25, 0.3) is 0 Å². The molecule has 2 aromatic carbocycles. The van der Waals surface area contributed by atoms with Crippen LogP contribution in [0.15, 0.2) is 48.5 Å². The average Bonchev–Trinajstić information content (AvgIpc) is 2.68. The van der Waals surface area contributed by atoms with E-state index in [1.165, 1.54) is 11.1 Å². The lowest BCUT2D eigenvalue weighted by atomic mass is 10.0. The van der Waals surface area contributed by atoms with E-state index in [1.54, 1.807) is 0 Å². The number of hydrogen-bond donors (Lipinski definition) is 0. The first-order valence-corrected chi connectivity index (χ1v) is 7.61. The van der Waals surface area contributed by atoms with Gasteiger partial charge in [0.1, 0.15) is 0 Å². The number of fused-ring (bicyclic) bond motifs is 1. The Bertz CT molecular complexity index is 648. The molecule has 1 heterocycles. The number of aryl methyl sites for hydroxylation is 2. The fourth-order valence-electron chi connectivity index (χ4n) is 3.02. The Morgan fingerprint density at radius 1 is 1.10 bits per heavy atom. The van der Waals surface area contributed by atoms with Crippen molar-refractivity contribution in [3.8, 4) is 0 Å². The van der Waals surface area contributed by atoms with Gasteiger partial charge >= 0.3 is 0 Å². The third-order valence-corrected chi connectivity index (χ3v) is 4.14. The molecule has 0 atom stereocenters. The molecule has 0 aromatic heterocycles. The number of nitrogens with zero attached hydrogens (tertiary/aromatic N) is 1. The highest BCUT2D eigenvalue weighted by Gasteiger charge is 2.17. The minimum Gasteiger partial charge on any atom is -0.293 e. The van der Waals surface area contributed by atoms with Crippen LogP contribution >= 0.6 is 0 Å². The lowest BCUT2D eigenvalue weighted by Gasteiger charge is -2.19. The van der Waals surface area contributed by atoms with E-state index in [2.05, 4.69) is 29.2 Å². The molecule has 0 bridgehead atoms. The van der Waals surface area contributed by atoms with Gasteiger partial charge < -0.3 is 0 Å². The van der Waals surface area contributed by atoms with Crippen LogP contribution in [0.2, 0.25) is 0 Å². The average molecular weight is 279 g/mol. The van der Waals surface area contributed by atoms with Crippen LogP contribution in [-0.2, 0) is 13.0 Å². The zero-order chi connectivity index (χ0) is 14.7. The van der Waals surface area contributed by atoms with Crippen molar-refractivity contribution in [1.82, 2.24) is 4.90 Å². The highest BCUT2D eigenvalue weighted by Crippen LogP contribution is 2.18. The second-order valence-corrected chi connectivity index (χ2v) is 5.88. The maximum atomic E-state index is 12.4. The fraction of sp³-hybridized carbons (Fsp3) is 0.316. The molecule has 1 aliphatic rings. The number of rotatable bonds is 3. The van der Waals surface area contributed by atoms with Crippen LogP contribution in [0, 0.1) is 6.92 Å². The van der Waals surface area contributed by atoms with Crippen LogP contribution in [0.25, 0.3) is 0 Å². The third-order valence-electron chi connectivity index (χ3n) is 4.14. The van der Waals surface area contributed by atoms with Crippen LogP contribution in [0.5, 0.6) is 0 Å². The maximum absolute atomic E-state index is 12.4. The molecule has 2 nitrogen and oxygen atoms in total. The summed E-state index contributed by atoms with van der Waals surface area (Å²) < 4.78 is 0. The van der Waals surface area contributed by atoms with Crippen LogP contribution in [0.1, 0.15) is 33.5 Å². The van der Waals surface area contributed by atoms with E-state index in [4.69, 9.17) is 0 Å². The van der Waals surface area contributed by atoms with Gasteiger partial charge in [0.15, 0.2) is 5.78 Å². The van der Waals surface area contributed by atoms with Crippen molar-refractivity contribution < 1.29 is 4.79 Å². The van der Waals surface area contributed by atoms with E-state index in [1.807, 2.05) is 31.2 Å². The number of hydrogen-bond acceptors (Lipinski definition) is 2. The molecule has 108 valence electrons. The van der Waals surface area contributed by atoms with Gasteiger partial charge in [-0.2, -0.15) is 0 Å². The van der Waals surface area contributed by atoms with Gasteiger partial charge in [-0.3, -0.25) is 9.69 Å². The predicted octanol–water partition coefficient (Wildman–Crippen LogP) is 3.63. The first-order valence-electron chi connectivity index (χ1n) is 7.61. The molecule has 0 spiro atoms. The quantitative estimate of drug-likeness (QED) is 0.800. The van der Waals surface area contributed by atoms with Crippen LogP contribution in [0.3, 0.4) is 0 Å². The van der Waals surface area contributed by atoms with Crippen molar-refractivity contribution >= 4 is 5.78 Å². The summed E-state index contributed by atoms with van der Waals surface area (Å²) in [4.78, 5) is 14.7. The van der Waals surface area contributed by atoms with Gasteiger partial charge in [-0.05, 0) is 43.5 Å². The zero-order valence-electron chi connectivity index (χ0n) is 12.5. The van der Waals surface area contributed by atoms with E-state index in [0.29, 0.717) is 6.54 Å². The Balaban J connectivity index is 1.72. The van der Waals surface area contributed by atoms with Crippen molar-refractivity contribution in [2.24, 2.45) is 0 Å². The van der Waals surface area contributed by atoms with Gasteiger partial charge in [-0.1, -0.05) is 48.0 Å². The van der Waals surface area contributed by atoms with E-state index in [9.17, 15) is 4.79 Å². The number of carbonyl (C=O) groups excluding carboxylic acids is 1. The minimum absolute atomic E-state index is 0.220. The van der Waals surface area contributed by atoms with Gasteiger partial charge in [0.05, 0.1) is 6.54 Å². The van der Waals surface area contributed by atoms with E-state index >= 15 is 0 Å². The second-order valence-electron chi connectivity index (χ2n) is 5.88. The molecular formula is C19H21NO. The van der Waals surface area contributed by atoms with Gasteiger partial charge in [-0.25, -0.2) is 0 Å². The van der Waals surface area contributed by atoms with Crippen molar-refractivity contribution in [2.75, 3.05) is 13.1 Å². The summed E-state index contributed by atoms with van der Waals surface area (Å²) in [6.07, 6.45) is 2.24. The molecule has 0 saturated carbocycles. The van der Waals surface area contributed by atoms with E-state index in [-0.39, 0.29) is 5.78 Å². The van der Waals surface area contributed by atoms with Crippen LogP contribution in [-0.4, -0.2) is 23.8 Å². The summed E-state index contributed by atoms with van der Waals surface area (Å²) in [5, 5.41) is 0. The highest BCUT2D eigenvalue weighted by atomic mass is 16.1. The van der Waals surface area contributed by atoms with Crippen molar-refractivity contribution in [3.63, 3.8) is 0 Å². The lowest BCUT2D eigenvalue weighted by molar-refractivity contribution is 0.0926. The van der Waals surface area contributed by atoms with Crippen molar-refractivity contribution in [1.29, 1.82) is 0 Å². The monoisotopic (exact) mass is 279 g/mol. The van der Waals surface area contributed by atoms with Gasteiger partial charge in [0.2, 0.25) is 0 Å². The normalized spacial score (nSPS) is 15.3. The molecule has 0 aliphatic carbocycles. The minimum atomic E-state index is 0.220. The SMILES string of the molecule is Cc1cccc(C(=O)CN2CCCc3ccccc3C2)c1. The molecule has 0 amide bonds. The predicted molar refractivity (Wildman–Crippen MR) is 85.5 cm³/mol. The Labute approximate surface area is 126 Å². The lowest BCUT2D eigenvalue weighted by Crippen LogP contribution is -2.29. The Hall–Kier alpha value is -1.93. The molecule has 2 aromatic rings. The topological polar surface area (TPSA) is 20.3 Å². The first kappa shape index (κ1) is 14.0. The number of Topliss-reactive ketones (excluding diaryl/α,β-unsaturated/α-hetero) is 1. The summed E-state index contributed by atoms with van der Waals surface area (Å²) in [5.74, 6) is 0.220. The molecule has 21 heavy (non-hydrogen) atoms. The molecule has 0 unspecified atom stereocenters. The molecular weight excluding hydrogens is 258 g/mol. The largest absolute Gasteiger partial charge is 0.293 e. The summed E-state index contributed by atoms with van der Waals surface area (Å²) in [7, 11) is 0. The standard InChI is InChI=1S/C19H21NO/c1-15-6-4-9-17(12-15)19(21)14-20-11-5-10-16-7-2-3-8-18(16)13-20/h2-4,6-9,12H,5,10-11,13-14H2,1H3. The van der Waals surface area contributed by atoms with Gasteiger partial charge in [0, 0.05) is 12.1 Å². The molecule has 0 N–H and O–H groups in total. The summed E-state index contributed by atoms with van der Waals surface area (Å²) >= 11 is 0. The van der Waals surface area contributed by atoms with Crippen LogP contribution < -0.4 is 0 Å². The molecule has 0 saturated heterocycles. The third kappa shape index (κ3) is 3.40. The van der Waals surface area contributed by atoms with Crippen molar-refractivity contribution in [2.45, 2.75) is 26.3 Å². The summed E-state index contributed by atoms with van der Waals surface area (Å²) in [6, 6.07) is 16.5. The van der Waals surface area contributed by atoms with E-state index < -0.39 is 0 Å². The summed E-state index contributed by atoms with van der Waals surface area (Å²) in [6.45, 7) is 4.41. The van der Waals surface area contributed by atoms with Crippen molar-refractivity contribution in [3.05, 3.63) is 70.8 Å². The Morgan fingerprint density at radius 3 is 2.71 bits per heavy atom. The number of carbonyl (C=O) groups is 1. The fourth-order valence-corrected chi connectivity index (χ4v) is 3.02. The summed E-state index contributed by atoms with van der Waals surface area (Å²) in [5.41, 5.74) is 4.77. The molecule has 1 aliphatic heterocycles. The van der Waals surface area contributed by atoms with E-state index in [0.717, 1.165) is 37.1 Å². The molecule has 0 fully saturated rings. The Morgan fingerprint density at radius 2 is 1.90 bits per heavy atom. The smallest absolute Gasteiger partial charge is 0.176 e.